The number of carbonyl (C=O) groups excluding carboxylic acids is 1. The Balaban J connectivity index is 3.06. The molecule has 1 atom stereocenters. The van der Waals surface area contributed by atoms with E-state index < -0.39 is 21.1 Å². The van der Waals surface area contributed by atoms with Crippen molar-refractivity contribution in [2.24, 2.45) is 0 Å². The summed E-state index contributed by atoms with van der Waals surface area (Å²) in [6, 6.07) is 3.85. The zero-order valence-corrected chi connectivity index (χ0v) is 12.8. The molecule has 0 bridgehead atoms. The molecule has 112 valence electrons. The van der Waals surface area contributed by atoms with Crippen LogP contribution >= 0.6 is 10.7 Å². The number of hydrogen-bond donors (Lipinski definition) is 0. The van der Waals surface area contributed by atoms with Crippen LogP contribution in [0.15, 0.2) is 23.1 Å². The third kappa shape index (κ3) is 4.36. The van der Waals surface area contributed by atoms with Gasteiger partial charge in [-0.2, -0.15) is 0 Å². The predicted octanol–water partition coefficient (Wildman–Crippen LogP) is 1.81. The summed E-state index contributed by atoms with van der Waals surface area (Å²) in [5.41, 5.74) is 0.0629. The minimum absolute atomic E-state index is 0.0569. The molecule has 0 radical (unpaired) electrons. The summed E-state index contributed by atoms with van der Waals surface area (Å²) in [5, 5.41) is 0. The molecular formula is C12H15ClO6S. The van der Waals surface area contributed by atoms with Crippen molar-refractivity contribution in [3.8, 4) is 5.75 Å². The van der Waals surface area contributed by atoms with Gasteiger partial charge in [-0.05, 0) is 25.1 Å². The van der Waals surface area contributed by atoms with Crippen LogP contribution in [0.2, 0.25) is 0 Å². The zero-order valence-electron chi connectivity index (χ0n) is 11.3. The molecule has 0 aromatic heterocycles. The van der Waals surface area contributed by atoms with E-state index in [1.165, 1.54) is 26.4 Å². The number of methoxy groups -OCH3 is 2. The van der Waals surface area contributed by atoms with E-state index >= 15 is 0 Å². The molecule has 6 nitrogen and oxygen atoms in total. The SMILES string of the molecule is COCC(C)OC(=O)c1ccc(OC)c(S(=O)(=O)Cl)c1. The van der Waals surface area contributed by atoms with Crippen molar-refractivity contribution in [1.82, 2.24) is 0 Å². The molecule has 0 heterocycles. The second-order valence-electron chi connectivity index (χ2n) is 3.97. The minimum Gasteiger partial charge on any atom is -0.495 e. The highest BCUT2D eigenvalue weighted by molar-refractivity contribution is 8.13. The molecule has 8 heteroatoms. The van der Waals surface area contributed by atoms with E-state index in [0.29, 0.717) is 0 Å². The number of hydrogen-bond acceptors (Lipinski definition) is 6. The molecule has 0 aliphatic carbocycles. The average Bonchev–Trinajstić information content (AvgIpc) is 2.37. The van der Waals surface area contributed by atoms with Gasteiger partial charge in [-0.15, -0.1) is 0 Å². The Kier molecular flexibility index (Phi) is 5.79. The van der Waals surface area contributed by atoms with Gasteiger partial charge in [0.2, 0.25) is 0 Å². The lowest BCUT2D eigenvalue weighted by Gasteiger charge is -2.13. The molecule has 0 spiro atoms. The number of carbonyl (C=O) groups is 1. The second-order valence-corrected chi connectivity index (χ2v) is 6.51. The van der Waals surface area contributed by atoms with Crippen molar-refractivity contribution in [3.63, 3.8) is 0 Å². The summed E-state index contributed by atoms with van der Waals surface area (Å²) in [4.78, 5) is 11.6. The van der Waals surface area contributed by atoms with E-state index in [4.69, 9.17) is 24.9 Å². The molecule has 1 rings (SSSR count). The molecule has 0 aliphatic rings. The van der Waals surface area contributed by atoms with Gasteiger partial charge in [0.1, 0.15) is 16.7 Å². The molecule has 0 fully saturated rings. The van der Waals surface area contributed by atoms with Crippen LogP contribution in [0.3, 0.4) is 0 Å². The van der Waals surface area contributed by atoms with Crippen LogP contribution < -0.4 is 4.74 Å². The summed E-state index contributed by atoms with van der Waals surface area (Å²) in [7, 11) is 4.06. The normalized spacial score (nSPS) is 12.8. The molecule has 0 amide bonds. The monoisotopic (exact) mass is 322 g/mol. The number of benzene rings is 1. The van der Waals surface area contributed by atoms with Gasteiger partial charge in [0.15, 0.2) is 0 Å². The first-order chi connectivity index (χ1) is 9.29. The zero-order chi connectivity index (χ0) is 15.3. The van der Waals surface area contributed by atoms with Gasteiger partial charge < -0.3 is 14.2 Å². The van der Waals surface area contributed by atoms with E-state index in [9.17, 15) is 13.2 Å². The number of halogens is 1. The Morgan fingerprint density at radius 2 is 2.00 bits per heavy atom. The fourth-order valence-electron chi connectivity index (χ4n) is 1.51. The first-order valence-corrected chi connectivity index (χ1v) is 7.93. The van der Waals surface area contributed by atoms with E-state index in [1.54, 1.807) is 6.92 Å². The van der Waals surface area contributed by atoms with Crippen molar-refractivity contribution in [1.29, 1.82) is 0 Å². The third-order valence-electron chi connectivity index (χ3n) is 2.37. The smallest absolute Gasteiger partial charge is 0.338 e. The first-order valence-electron chi connectivity index (χ1n) is 5.62. The van der Waals surface area contributed by atoms with E-state index in [2.05, 4.69) is 0 Å². The molecular weight excluding hydrogens is 308 g/mol. The molecule has 0 saturated carbocycles. The van der Waals surface area contributed by atoms with Gasteiger partial charge in [0.25, 0.3) is 9.05 Å². The van der Waals surface area contributed by atoms with E-state index in [1.807, 2.05) is 0 Å². The quantitative estimate of drug-likeness (QED) is 0.587. The Labute approximate surface area is 122 Å². The summed E-state index contributed by atoms with van der Waals surface area (Å²) in [6.07, 6.45) is -0.453. The van der Waals surface area contributed by atoms with Crippen LogP contribution in [0, 0.1) is 0 Å². The van der Waals surface area contributed by atoms with Gasteiger partial charge >= 0.3 is 5.97 Å². The van der Waals surface area contributed by atoms with Crippen molar-refractivity contribution in [2.75, 3.05) is 20.8 Å². The lowest BCUT2D eigenvalue weighted by Crippen LogP contribution is -2.19. The van der Waals surface area contributed by atoms with Crippen LogP contribution in [0.1, 0.15) is 17.3 Å². The van der Waals surface area contributed by atoms with Crippen molar-refractivity contribution >= 4 is 25.7 Å². The van der Waals surface area contributed by atoms with E-state index in [-0.39, 0.29) is 22.8 Å². The molecule has 0 aliphatic heterocycles. The first kappa shape index (κ1) is 16.7. The highest BCUT2D eigenvalue weighted by Gasteiger charge is 2.20. The highest BCUT2D eigenvalue weighted by atomic mass is 35.7. The Morgan fingerprint density at radius 1 is 1.35 bits per heavy atom. The van der Waals surface area contributed by atoms with Gasteiger partial charge in [0, 0.05) is 17.8 Å². The minimum atomic E-state index is -4.03. The molecule has 20 heavy (non-hydrogen) atoms. The van der Waals surface area contributed by atoms with Gasteiger partial charge in [-0.25, -0.2) is 13.2 Å². The maximum Gasteiger partial charge on any atom is 0.338 e. The van der Waals surface area contributed by atoms with Crippen LogP contribution in [-0.2, 0) is 18.5 Å². The van der Waals surface area contributed by atoms with Crippen LogP contribution in [0.4, 0.5) is 0 Å². The maximum atomic E-state index is 11.9. The van der Waals surface area contributed by atoms with Gasteiger partial charge in [-0.3, -0.25) is 0 Å². The summed E-state index contributed by atoms with van der Waals surface area (Å²) in [5.74, 6) is -0.611. The van der Waals surface area contributed by atoms with Crippen LogP contribution in [0.25, 0.3) is 0 Å². The Morgan fingerprint density at radius 3 is 2.50 bits per heavy atom. The van der Waals surface area contributed by atoms with Crippen molar-refractivity contribution < 1.29 is 27.4 Å². The Hall–Kier alpha value is -1.31. The highest BCUT2D eigenvalue weighted by Crippen LogP contribution is 2.28. The third-order valence-corrected chi connectivity index (χ3v) is 3.71. The standard InChI is InChI=1S/C12H15ClO6S/c1-8(7-17-2)19-12(14)9-4-5-10(18-3)11(6-9)20(13,15)16/h4-6,8H,7H2,1-3H3. The number of esters is 1. The van der Waals surface area contributed by atoms with Crippen molar-refractivity contribution in [2.45, 2.75) is 17.9 Å². The van der Waals surface area contributed by atoms with Gasteiger partial charge in [-0.1, -0.05) is 0 Å². The molecule has 0 N–H and O–H groups in total. The maximum absolute atomic E-state index is 11.9. The topological polar surface area (TPSA) is 78.9 Å². The number of rotatable bonds is 6. The summed E-state index contributed by atoms with van der Waals surface area (Å²) < 4.78 is 37.7. The van der Waals surface area contributed by atoms with Crippen LogP contribution in [-0.4, -0.2) is 41.3 Å². The molecule has 1 aromatic rings. The fourth-order valence-corrected chi connectivity index (χ4v) is 2.53. The lowest BCUT2D eigenvalue weighted by molar-refractivity contribution is 0.0120. The predicted molar refractivity (Wildman–Crippen MR) is 72.8 cm³/mol. The largest absolute Gasteiger partial charge is 0.495 e. The lowest BCUT2D eigenvalue weighted by atomic mass is 10.2. The van der Waals surface area contributed by atoms with Crippen LogP contribution in [0.5, 0.6) is 5.75 Å². The molecule has 1 unspecified atom stereocenters. The fraction of sp³-hybridized carbons (Fsp3) is 0.417. The second kappa shape index (κ2) is 6.92. The Bertz CT molecular complexity index is 584. The van der Waals surface area contributed by atoms with Crippen molar-refractivity contribution in [3.05, 3.63) is 23.8 Å². The summed E-state index contributed by atoms with van der Waals surface area (Å²) in [6.45, 7) is 1.90. The summed E-state index contributed by atoms with van der Waals surface area (Å²) >= 11 is 0. The average molecular weight is 323 g/mol. The van der Waals surface area contributed by atoms with E-state index in [0.717, 1.165) is 6.07 Å². The molecule has 0 saturated heterocycles. The van der Waals surface area contributed by atoms with Gasteiger partial charge in [0.05, 0.1) is 19.3 Å². The molecule has 1 aromatic carbocycles. The number of ether oxygens (including phenoxy) is 3.